The van der Waals surface area contributed by atoms with E-state index < -0.39 is 5.60 Å². The van der Waals surface area contributed by atoms with Gasteiger partial charge in [0.25, 0.3) is 0 Å². The van der Waals surface area contributed by atoms with Gasteiger partial charge in [-0.05, 0) is 31.4 Å². The summed E-state index contributed by atoms with van der Waals surface area (Å²) in [7, 11) is 3.02. The van der Waals surface area contributed by atoms with Crippen LogP contribution >= 0.6 is 23.2 Å². The monoisotopic (exact) mass is 587 g/mol. The zero-order chi connectivity index (χ0) is 28.6. The zero-order valence-corrected chi connectivity index (χ0v) is 24.1. The molecular weight excluding hydrogens is 557 g/mol. The summed E-state index contributed by atoms with van der Waals surface area (Å²) in [5.41, 5.74) is 0.673. The molecule has 0 amide bonds. The van der Waals surface area contributed by atoms with Gasteiger partial charge < -0.3 is 29.5 Å². The maximum absolute atomic E-state index is 12.1. The van der Waals surface area contributed by atoms with Gasteiger partial charge in [0.1, 0.15) is 17.0 Å². The Balaban J connectivity index is 1.58. The van der Waals surface area contributed by atoms with Crippen LogP contribution in [0.1, 0.15) is 19.8 Å². The maximum atomic E-state index is 12.1. The van der Waals surface area contributed by atoms with E-state index in [2.05, 4.69) is 16.9 Å². The van der Waals surface area contributed by atoms with Gasteiger partial charge in [-0.2, -0.15) is 0 Å². The first kappa shape index (κ1) is 28.4. The summed E-state index contributed by atoms with van der Waals surface area (Å²) in [5.74, 6) is 1.79. The molecule has 0 spiro atoms. The van der Waals surface area contributed by atoms with Crippen molar-refractivity contribution in [2.75, 3.05) is 50.7 Å². The number of ether oxygens (including phenoxy) is 3. The van der Waals surface area contributed by atoms with Crippen LogP contribution in [0.5, 0.6) is 11.5 Å². The third kappa shape index (κ3) is 5.54. The number of halogens is 2. The third-order valence-electron chi connectivity index (χ3n) is 7.24. The van der Waals surface area contributed by atoms with Crippen molar-refractivity contribution in [3.05, 3.63) is 41.0 Å². The van der Waals surface area contributed by atoms with Crippen LogP contribution in [-0.4, -0.2) is 78.0 Å². The first-order valence-corrected chi connectivity index (χ1v) is 13.6. The second kappa shape index (κ2) is 11.4. The molecule has 5 rings (SSSR count). The molecule has 2 saturated heterocycles. The van der Waals surface area contributed by atoms with Gasteiger partial charge in [0, 0.05) is 49.3 Å². The van der Waals surface area contributed by atoms with Crippen molar-refractivity contribution in [3.8, 4) is 22.8 Å². The first-order chi connectivity index (χ1) is 19.1. The highest BCUT2D eigenvalue weighted by Gasteiger charge is 2.39. The van der Waals surface area contributed by atoms with E-state index in [4.69, 9.17) is 47.4 Å². The Morgan fingerprint density at radius 3 is 2.58 bits per heavy atom. The van der Waals surface area contributed by atoms with Crippen molar-refractivity contribution in [1.29, 1.82) is 0 Å². The molecule has 0 saturated carbocycles. The van der Waals surface area contributed by atoms with Crippen LogP contribution in [0.25, 0.3) is 22.2 Å². The van der Waals surface area contributed by atoms with Crippen molar-refractivity contribution in [2.45, 2.75) is 31.4 Å². The standard InChI is InChI=1S/C28H31Cl2N5O5/c1-5-17(36)8-15-6-7-40-12-19(15)33-27-31-11-16-9-18(22-23(29)20(38-3)10-21(39-4)24(22)30)32-26(25(16)34-27)35-13-28(2,37)14-35/h5,9-11,15,19,37H,1,6-8,12-14H2,2-4H3,(H,31,33,34)/t15-,19-/m1/s1. The Kier molecular flexibility index (Phi) is 8.05. The number of fused-ring (bicyclic) bond motifs is 1. The largest absolute Gasteiger partial charge is 0.495 e. The number of anilines is 2. The summed E-state index contributed by atoms with van der Waals surface area (Å²) in [6.45, 7) is 7.13. The molecule has 212 valence electrons. The summed E-state index contributed by atoms with van der Waals surface area (Å²) in [4.78, 5) is 28.3. The molecule has 40 heavy (non-hydrogen) atoms. The SMILES string of the molecule is C=CC(=O)C[C@H]1CCOC[C@H]1Nc1ncc2cc(-c3c(Cl)c(OC)cc(OC)c3Cl)nc(N3CC(C)(O)C3)c2n1. The number of β-amino-alcohol motifs (C(OH)–C–C–N with tert-alkyl or cyclic N) is 1. The Bertz CT molecular complexity index is 1430. The number of aliphatic hydroxyl groups is 1. The van der Waals surface area contributed by atoms with Crippen LogP contribution in [0.4, 0.5) is 11.8 Å². The van der Waals surface area contributed by atoms with E-state index in [9.17, 15) is 9.90 Å². The second-order valence-electron chi connectivity index (χ2n) is 10.3. The fourth-order valence-corrected chi connectivity index (χ4v) is 5.86. The number of methoxy groups -OCH3 is 2. The normalized spacial score (nSPS) is 20.1. The van der Waals surface area contributed by atoms with Crippen LogP contribution in [0, 0.1) is 5.92 Å². The summed E-state index contributed by atoms with van der Waals surface area (Å²) < 4.78 is 16.6. The number of carbonyl (C=O) groups excluding carboxylic acids is 1. The minimum absolute atomic E-state index is 0.00604. The molecule has 2 aliphatic heterocycles. The quantitative estimate of drug-likeness (QED) is 0.345. The summed E-state index contributed by atoms with van der Waals surface area (Å²) in [6.07, 6.45) is 4.18. The number of hydrogen-bond acceptors (Lipinski definition) is 10. The highest BCUT2D eigenvalue weighted by molar-refractivity contribution is 6.41. The molecule has 2 aliphatic rings. The molecule has 2 fully saturated rings. The number of allylic oxidation sites excluding steroid dienone is 1. The summed E-state index contributed by atoms with van der Waals surface area (Å²) in [5, 5.41) is 15.1. The topological polar surface area (TPSA) is 119 Å². The number of pyridine rings is 1. The molecule has 2 atom stereocenters. The van der Waals surface area contributed by atoms with Gasteiger partial charge >= 0.3 is 0 Å². The minimum atomic E-state index is -0.850. The van der Waals surface area contributed by atoms with E-state index in [1.165, 1.54) is 20.3 Å². The van der Waals surface area contributed by atoms with E-state index in [0.717, 1.165) is 6.42 Å². The van der Waals surface area contributed by atoms with Gasteiger partial charge in [0.2, 0.25) is 5.95 Å². The van der Waals surface area contributed by atoms with Crippen molar-refractivity contribution in [2.24, 2.45) is 5.92 Å². The van der Waals surface area contributed by atoms with Crippen LogP contribution in [0.3, 0.4) is 0 Å². The Morgan fingerprint density at radius 1 is 1.25 bits per heavy atom. The van der Waals surface area contributed by atoms with Gasteiger partial charge in [0.05, 0.1) is 48.2 Å². The summed E-state index contributed by atoms with van der Waals surface area (Å²) >= 11 is 13.4. The van der Waals surface area contributed by atoms with Crippen molar-refractivity contribution in [1.82, 2.24) is 15.0 Å². The second-order valence-corrected chi connectivity index (χ2v) is 11.1. The zero-order valence-electron chi connectivity index (χ0n) is 22.5. The lowest BCUT2D eigenvalue weighted by Crippen LogP contribution is -2.60. The van der Waals surface area contributed by atoms with Crippen LogP contribution < -0.4 is 19.7 Å². The van der Waals surface area contributed by atoms with Crippen molar-refractivity contribution < 1.29 is 24.1 Å². The van der Waals surface area contributed by atoms with E-state index in [1.807, 2.05) is 11.0 Å². The molecule has 4 heterocycles. The molecule has 0 unspecified atom stereocenters. The molecule has 2 aromatic heterocycles. The summed E-state index contributed by atoms with van der Waals surface area (Å²) in [6, 6.07) is 3.29. The molecule has 0 aliphatic carbocycles. The number of carbonyl (C=O) groups is 1. The lowest BCUT2D eigenvalue weighted by atomic mass is 9.90. The van der Waals surface area contributed by atoms with Crippen LogP contribution in [-0.2, 0) is 9.53 Å². The predicted octanol–water partition coefficient (Wildman–Crippen LogP) is 4.55. The number of ketones is 1. The first-order valence-electron chi connectivity index (χ1n) is 12.9. The van der Waals surface area contributed by atoms with Gasteiger partial charge in [-0.3, -0.25) is 4.79 Å². The van der Waals surface area contributed by atoms with Crippen molar-refractivity contribution in [3.63, 3.8) is 0 Å². The van der Waals surface area contributed by atoms with E-state index in [-0.39, 0.29) is 17.7 Å². The highest BCUT2D eigenvalue weighted by Crippen LogP contribution is 2.46. The van der Waals surface area contributed by atoms with Crippen LogP contribution in [0.15, 0.2) is 31.0 Å². The van der Waals surface area contributed by atoms with Crippen molar-refractivity contribution >= 4 is 51.7 Å². The number of nitrogens with zero attached hydrogens (tertiary/aromatic N) is 4. The van der Waals surface area contributed by atoms with E-state index in [1.54, 1.807) is 19.2 Å². The molecule has 2 N–H and O–H groups in total. The number of rotatable bonds is 9. The Labute approximate surface area is 242 Å². The molecule has 1 aromatic carbocycles. The van der Waals surface area contributed by atoms with Crippen LogP contribution in [0.2, 0.25) is 10.0 Å². The lowest BCUT2D eigenvalue weighted by Gasteiger charge is -2.45. The highest BCUT2D eigenvalue weighted by atomic mass is 35.5. The fraction of sp³-hybridized carbons (Fsp3) is 0.429. The third-order valence-corrected chi connectivity index (χ3v) is 8.00. The fourth-order valence-electron chi connectivity index (χ4n) is 5.17. The van der Waals surface area contributed by atoms with E-state index in [0.29, 0.717) is 88.2 Å². The van der Waals surface area contributed by atoms with Gasteiger partial charge in [-0.1, -0.05) is 29.8 Å². The molecule has 3 aromatic rings. The maximum Gasteiger partial charge on any atom is 0.223 e. The Morgan fingerprint density at radius 2 is 1.95 bits per heavy atom. The minimum Gasteiger partial charge on any atom is -0.495 e. The lowest BCUT2D eigenvalue weighted by molar-refractivity contribution is -0.116. The van der Waals surface area contributed by atoms with Gasteiger partial charge in [-0.15, -0.1) is 0 Å². The molecule has 0 radical (unpaired) electrons. The van der Waals surface area contributed by atoms with E-state index >= 15 is 0 Å². The molecular formula is C28H31Cl2N5O5. The molecule has 10 nitrogen and oxygen atoms in total. The van der Waals surface area contributed by atoms with Gasteiger partial charge in [0.15, 0.2) is 11.6 Å². The average molecular weight is 588 g/mol. The molecule has 0 bridgehead atoms. The number of aromatic nitrogens is 3. The average Bonchev–Trinajstić information content (AvgIpc) is 2.92. The van der Waals surface area contributed by atoms with Gasteiger partial charge in [-0.25, -0.2) is 15.0 Å². The predicted molar refractivity (Wildman–Crippen MR) is 155 cm³/mol. The molecule has 12 heteroatoms. The Hall–Kier alpha value is -3.18. The number of nitrogens with one attached hydrogen (secondary N) is 1. The number of benzene rings is 1. The smallest absolute Gasteiger partial charge is 0.223 e. The number of hydrogen-bond donors (Lipinski definition) is 2.